The second-order valence-electron chi connectivity index (χ2n) is 4.06. The van der Waals surface area contributed by atoms with E-state index in [4.69, 9.17) is 0 Å². The van der Waals surface area contributed by atoms with Gasteiger partial charge in [0.05, 0.1) is 18.4 Å². The average Bonchev–Trinajstić information content (AvgIpc) is 2.16. The summed E-state index contributed by atoms with van der Waals surface area (Å²) in [5.74, 6) is -3.38. The van der Waals surface area contributed by atoms with E-state index in [9.17, 15) is 18.0 Å². The van der Waals surface area contributed by atoms with Gasteiger partial charge in [0.2, 0.25) is 0 Å². The highest BCUT2D eigenvalue weighted by atomic mass is 19.4. The third kappa shape index (κ3) is 3.10. The molecule has 0 aliphatic carbocycles. The van der Waals surface area contributed by atoms with Crippen molar-refractivity contribution in [2.45, 2.75) is 19.5 Å². The van der Waals surface area contributed by atoms with Gasteiger partial charge < -0.3 is 9.64 Å². The van der Waals surface area contributed by atoms with Crippen LogP contribution in [0.1, 0.15) is 13.3 Å². The first kappa shape index (κ1) is 13.3. The number of hydrogen-bond donors (Lipinski definition) is 0. The number of nitrogens with zero attached hydrogens (tertiary/aromatic N) is 1. The first-order valence-corrected chi connectivity index (χ1v) is 5.28. The van der Waals surface area contributed by atoms with E-state index >= 15 is 0 Å². The molecule has 0 aromatic rings. The van der Waals surface area contributed by atoms with Crippen molar-refractivity contribution in [2.75, 3.05) is 26.7 Å². The quantitative estimate of drug-likeness (QED) is 0.687. The molecule has 6 heteroatoms. The minimum absolute atomic E-state index is 0.121. The molecule has 16 heavy (non-hydrogen) atoms. The smallest absolute Gasteiger partial charge is 0.393 e. The van der Waals surface area contributed by atoms with Crippen LogP contribution in [0.4, 0.5) is 13.2 Å². The lowest BCUT2D eigenvalue weighted by Gasteiger charge is -2.36. The molecule has 3 nitrogen and oxygen atoms in total. The molecule has 0 aromatic heterocycles. The molecule has 1 rings (SSSR count). The van der Waals surface area contributed by atoms with Gasteiger partial charge in [-0.25, -0.2) is 0 Å². The van der Waals surface area contributed by atoms with Gasteiger partial charge in [0, 0.05) is 6.54 Å². The number of carbonyl (C=O) groups is 1. The molecule has 1 saturated heterocycles. The Bertz CT molecular complexity index is 255. The van der Waals surface area contributed by atoms with Crippen LogP contribution in [0.25, 0.3) is 0 Å². The summed E-state index contributed by atoms with van der Waals surface area (Å²) in [7, 11) is 1.63. The lowest BCUT2D eigenvalue weighted by molar-refractivity contribution is -0.208. The highest BCUT2D eigenvalue weighted by Gasteiger charge is 2.49. The van der Waals surface area contributed by atoms with Gasteiger partial charge in [-0.2, -0.15) is 13.2 Å². The second-order valence-corrected chi connectivity index (χ2v) is 4.06. The van der Waals surface area contributed by atoms with E-state index in [1.807, 2.05) is 0 Å². The van der Waals surface area contributed by atoms with Crippen LogP contribution in [-0.2, 0) is 9.53 Å². The highest BCUT2D eigenvalue weighted by molar-refractivity contribution is 5.73. The van der Waals surface area contributed by atoms with Crippen molar-refractivity contribution in [2.24, 2.45) is 11.8 Å². The Balaban J connectivity index is 2.76. The van der Waals surface area contributed by atoms with Crippen LogP contribution < -0.4 is 0 Å². The maximum absolute atomic E-state index is 12.7. The molecule has 1 heterocycles. The Morgan fingerprint density at radius 3 is 2.62 bits per heavy atom. The van der Waals surface area contributed by atoms with Crippen LogP contribution in [0.3, 0.4) is 0 Å². The van der Waals surface area contributed by atoms with E-state index in [0.29, 0.717) is 6.54 Å². The lowest BCUT2D eigenvalue weighted by Crippen LogP contribution is -2.48. The number of hydrogen-bond acceptors (Lipinski definition) is 3. The molecule has 0 aromatic carbocycles. The van der Waals surface area contributed by atoms with Gasteiger partial charge >= 0.3 is 12.1 Å². The van der Waals surface area contributed by atoms with Crippen molar-refractivity contribution in [3.8, 4) is 0 Å². The Hall–Kier alpha value is -0.780. The van der Waals surface area contributed by atoms with Crippen LogP contribution >= 0.6 is 0 Å². The molecule has 0 N–H and O–H groups in total. The largest absolute Gasteiger partial charge is 0.466 e. The minimum atomic E-state index is -4.34. The number of halogens is 3. The number of esters is 1. The summed E-state index contributed by atoms with van der Waals surface area (Å²) >= 11 is 0. The van der Waals surface area contributed by atoms with Crippen LogP contribution in [0.2, 0.25) is 0 Å². The number of ether oxygens (including phenoxy) is 1. The molecule has 1 fully saturated rings. The average molecular weight is 239 g/mol. The Morgan fingerprint density at radius 2 is 2.12 bits per heavy atom. The van der Waals surface area contributed by atoms with E-state index in [1.54, 1.807) is 18.9 Å². The Labute approximate surface area is 92.5 Å². The van der Waals surface area contributed by atoms with Crippen molar-refractivity contribution in [3.63, 3.8) is 0 Å². The molecule has 0 bridgehead atoms. The first-order chi connectivity index (χ1) is 7.36. The van der Waals surface area contributed by atoms with E-state index in [-0.39, 0.29) is 19.6 Å². The van der Waals surface area contributed by atoms with Gasteiger partial charge in [-0.15, -0.1) is 0 Å². The molecule has 1 aliphatic rings. The fraction of sp³-hybridized carbons (Fsp3) is 0.900. The predicted octanol–water partition coefficient (Wildman–Crippen LogP) is 1.68. The fourth-order valence-electron chi connectivity index (χ4n) is 1.98. The Kier molecular flexibility index (Phi) is 4.18. The van der Waals surface area contributed by atoms with Gasteiger partial charge in [0.1, 0.15) is 0 Å². The van der Waals surface area contributed by atoms with Crippen molar-refractivity contribution in [3.05, 3.63) is 0 Å². The third-order valence-corrected chi connectivity index (χ3v) is 2.83. The summed E-state index contributed by atoms with van der Waals surface area (Å²) in [6.45, 7) is 2.08. The van der Waals surface area contributed by atoms with Crippen LogP contribution in [0, 0.1) is 11.8 Å². The zero-order valence-electron chi connectivity index (χ0n) is 9.38. The highest BCUT2D eigenvalue weighted by Crippen LogP contribution is 2.37. The van der Waals surface area contributed by atoms with Gasteiger partial charge in [-0.1, -0.05) is 0 Å². The maximum Gasteiger partial charge on any atom is 0.393 e. The predicted molar refractivity (Wildman–Crippen MR) is 51.8 cm³/mol. The summed E-state index contributed by atoms with van der Waals surface area (Å²) in [4.78, 5) is 13.0. The second kappa shape index (κ2) is 5.03. The van der Waals surface area contributed by atoms with E-state index in [1.165, 1.54) is 0 Å². The van der Waals surface area contributed by atoms with Crippen molar-refractivity contribution in [1.82, 2.24) is 4.90 Å². The standard InChI is InChI=1S/C10H16F3NO2/c1-3-16-9(15)7-4-5-14(2)6-8(7)10(11,12)13/h7-8H,3-6H2,1-2H3. The Morgan fingerprint density at radius 1 is 1.50 bits per heavy atom. The molecule has 0 amide bonds. The van der Waals surface area contributed by atoms with Gasteiger partial charge in [0.25, 0.3) is 0 Å². The van der Waals surface area contributed by atoms with Crippen LogP contribution in [0.15, 0.2) is 0 Å². The van der Waals surface area contributed by atoms with Crippen molar-refractivity contribution < 1.29 is 22.7 Å². The molecule has 0 saturated carbocycles. The maximum atomic E-state index is 12.7. The van der Waals surface area contributed by atoms with E-state index in [2.05, 4.69) is 4.74 Å². The molecule has 1 aliphatic heterocycles. The molecule has 2 atom stereocenters. The summed E-state index contributed by atoms with van der Waals surface area (Å²) in [6.07, 6.45) is -4.13. The van der Waals surface area contributed by atoms with Crippen LogP contribution in [0.5, 0.6) is 0 Å². The molecule has 94 valence electrons. The summed E-state index contributed by atoms with van der Waals surface area (Å²) in [5.41, 5.74) is 0. The summed E-state index contributed by atoms with van der Waals surface area (Å²) in [6, 6.07) is 0. The SMILES string of the molecule is CCOC(=O)C1CCN(C)CC1C(F)(F)F. The minimum Gasteiger partial charge on any atom is -0.466 e. The fourth-order valence-corrected chi connectivity index (χ4v) is 1.98. The number of carbonyl (C=O) groups excluding carboxylic acids is 1. The molecular formula is C10H16F3NO2. The monoisotopic (exact) mass is 239 g/mol. The number of piperidine rings is 1. The molecule has 2 unspecified atom stereocenters. The molecule has 0 spiro atoms. The topological polar surface area (TPSA) is 29.5 Å². The van der Waals surface area contributed by atoms with Crippen molar-refractivity contribution >= 4 is 5.97 Å². The third-order valence-electron chi connectivity index (χ3n) is 2.83. The van der Waals surface area contributed by atoms with E-state index < -0.39 is 24.0 Å². The van der Waals surface area contributed by atoms with Crippen LogP contribution in [-0.4, -0.2) is 43.8 Å². The zero-order chi connectivity index (χ0) is 12.3. The summed E-state index contributed by atoms with van der Waals surface area (Å²) < 4.78 is 42.9. The van der Waals surface area contributed by atoms with E-state index in [0.717, 1.165) is 0 Å². The van der Waals surface area contributed by atoms with Gasteiger partial charge in [0.15, 0.2) is 0 Å². The molecular weight excluding hydrogens is 223 g/mol. The first-order valence-electron chi connectivity index (χ1n) is 5.28. The number of alkyl halides is 3. The van der Waals surface area contributed by atoms with Gasteiger partial charge in [-0.3, -0.25) is 4.79 Å². The lowest BCUT2D eigenvalue weighted by atomic mass is 9.85. The summed E-state index contributed by atoms with van der Waals surface area (Å²) in [5, 5.41) is 0. The molecule has 0 radical (unpaired) electrons. The zero-order valence-corrected chi connectivity index (χ0v) is 9.38. The normalized spacial score (nSPS) is 27.8. The van der Waals surface area contributed by atoms with Gasteiger partial charge in [-0.05, 0) is 26.9 Å². The van der Waals surface area contributed by atoms with Crippen molar-refractivity contribution in [1.29, 1.82) is 0 Å². The number of likely N-dealkylation sites (tertiary alicyclic amines) is 1. The number of rotatable bonds is 2.